The summed E-state index contributed by atoms with van der Waals surface area (Å²) in [6.45, 7) is -1.18. The van der Waals surface area contributed by atoms with Crippen molar-refractivity contribution in [1.82, 2.24) is 4.90 Å². The van der Waals surface area contributed by atoms with Crippen molar-refractivity contribution in [3.63, 3.8) is 0 Å². The number of nitrogens with two attached hydrogens (primary N) is 2. The van der Waals surface area contributed by atoms with E-state index in [9.17, 15) is 19.2 Å². The number of aliphatic imine (C=N–C) groups is 1. The van der Waals surface area contributed by atoms with Gasteiger partial charge < -0.3 is 31.2 Å². The molecule has 0 aliphatic rings. The zero-order valence-electron chi connectivity index (χ0n) is 17.3. The molecule has 0 spiro atoms. The van der Waals surface area contributed by atoms with Crippen LogP contribution in [-0.4, -0.2) is 58.2 Å². The molecule has 0 radical (unpaired) electrons. The van der Waals surface area contributed by atoms with Crippen molar-refractivity contribution in [1.29, 1.82) is 0 Å². The van der Waals surface area contributed by atoms with E-state index in [1.54, 1.807) is 24.3 Å². The predicted octanol–water partition coefficient (Wildman–Crippen LogP) is 1.31. The van der Waals surface area contributed by atoms with Gasteiger partial charge in [-0.3, -0.25) is 14.5 Å². The lowest BCUT2D eigenvalue weighted by Gasteiger charge is -2.19. The van der Waals surface area contributed by atoms with Crippen molar-refractivity contribution >= 4 is 35.6 Å². The lowest BCUT2D eigenvalue weighted by atomic mass is 10.2. The van der Waals surface area contributed by atoms with Gasteiger partial charge in [-0.2, -0.15) is 0 Å². The van der Waals surface area contributed by atoms with Crippen LogP contribution in [0, 0.1) is 0 Å². The highest BCUT2D eigenvalue weighted by Gasteiger charge is 2.19. The van der Waals surface area contributed by atoms with E-state index in [1.165, 1.54) is 24.3 Å². The summed E-state index contributed by atoms with van der Waals surface area (Å²) in [5.41, 5.74) is 11.9. The second kappa shape index (κ2) is 11.7. The van der Waals surface area contributed by atoms with Crippen molar-refractivity contribution in [3.8, 4) is 5.75 Å². The highest BCUT2D eigenvalue weighted by molar-refractivity contribution is 5.91. The number of carboxylic acid groups (broad SMARTS) is 2. The minimum absolute atomic E-state index is 0.106. The van der Waals surface area contributed by atoms with Gasteiger partial charge in [0.2, 0.25) is 0 Å². The van der Waals surface area contributed by atoms with E-state index in [4.69, 9.17) is 31.2 Å². The van der Waals surface area contributed by atoms with Gasteiger partial charge in [-0.05, 0) is 42.0 Å². The van der Waals surface area contributed by atoms with Crippen LogP contribution in [0.15, 0.2) is 53.5 Å². The quantitative estimate of drug-likeness (QED) is 0.174. The van der Waals surface area contributed by atoms with Crippen LogP contribution >= 0.6 is 0 Å². The number of aliphatic carboxylic acids is 2. The number of carboxylic acids is 2. The van der Waals surface area contributed by atoms with Gasteiger partial charge in [0.15, 0.2) is 5.96 Å². The van der Waals surface area contributed by atoms with Crippen LogP contribution in [0.4, 0.5) is 10.5 Å². The molecule has 12 heteroatoms. The number of guanidine groups is 1. The molecule has 0 aromatic heterocycles. The van der Waals surface area contributed by atoms with Gasteiger partial charge in [-0.15, -0.1) is 0 Å². The molecular formula is C21H22N4O8. The lowest BCUT2D eigenvalue weighted by Crippen LogP contribution is -2.37. The van der Waals surface area contributed by atoms with E-state index in [0.29, 0.717) is 11.3 Å². The maximum absolute atomic E-state index is 12.2. The van der Waals surface area contributed by atoms with Crippen LogP contribution in [0.3, 0.4) is 0 Å². The third-order valence-electron chi connectivity index (χ3n) is 4.04. The van der Waals surface area contributed by atoms with Crippen molar-refractivity contribution in [2.75, 3.05) is 13.1 Å². The van der Waals surface area contributed by atoms with Gasteiger partial charge in [0.25, 0.3) is 0 Å². The number of nitrogens with zero attached hydrogens (tertiary/aromatic N) is 2. The lowest BCUT2D eigenvalue weighted by molar-refractivity contribution is -0.140. The number of hydrogen-bond acceptors (Lipinski definition) is 7. The summed E-state index contributed by atoms with van der Waals surface area (Å²) < 4.78 is 10.3. The molecule has 2 aromatic carbocycles. The molecule has 0 heterocycles. The summed E-state index contributed by atoms with van der Waals surface area (Å²) in [7, 11) is 0. The van der Waals surface area contributed by atoms with Crippen LogP contribution in [0.2, 0.25) is 0 Å². The Bertz CT molecular complexity index is 1030. The molecule has 0 saturated heterocycles. The van der Waals surface area contributed by atoms with Crippen LogP contribution < -0.4 is 16.2 Å². The zero-order chi connectivity index (χ0) is 24.4. The largest absolute Gasteiger partial charge is 0.481 e. The third-order valence-corrected chi connectivity index (χ3v) is 4.04. The standard InChI is InChI=1S/C21H22N4O8/c22-20(23)24-15-5-3-14(4-6-15)19(30)33-16-7-1-13(2-8-16)12-32-21(31)25(11-18(28)29)10-9-17(26)27/h1-8H,9-12H2,(H,26,27)(H,28,29)(H4,22,23,24). The summed E-state index contributed by atoms with van der Waals surface area (Å²) in [5.74, 6) is -2.93. The van der Waals surface area contributed by atoms with Gasteiger partial charge in [-0.25, -0.2) is 14.6 Å². The molecular weight excluding hydrogens is 436 g/mol. The number of rotatable bonds is 10. The van der Waals surface area contributed by atoms with E-state index in [-0.39, 0.29) is 30.4 Å². The molecule has 6 N–H and O–H groups in total. The number of carbonyl (C=O) groups is 4. The first kappa shape index (κ1) is 24.7. The zero-order valence-corrected chi connectivity index (χ0v) is 17.3. The number of amides is 1. The van der Waals surface area contributed by atoms with E-state index in [2.05, 4.69) is 4.99 Å². The maximum Gasteiger partial charge on any atom is 0.410 e. The van der Waals surface area contributed by atoms with Crippen LogP contribution in [0.1, 0.15) is 22.3 Å². The maximum atomic E-state index is 12.2. The molecule has 1 amide bonds. The minimum Gasteiger partial charge on any atom is -0.481 e. The number of carbonyl (C=O) groups excluding carboxylic acids is 2. The minimum atomic E-state index is -1.30. The summed E-state index contributed by atoms with van der Waals surface area (Å²) in [4.78, 5) is 50.5. The second-order valence-corrected chi connectivity index (χ2v) is 6.63. The Balaban J connectivity index is 1.91. The highest BCUT2D eigenvalue weighted by Crippen LogP contribution is 2.17. The van der Waals surface area contributed by atoms with Gasteiger partial charge in [0.05, 0.1) is 17.7 Å². The van der Waals surface area contributed by atoms with Gasteiger partial charge in [0.1, 0.15) is 18.9 Å². The molecule has 0 aliphatic heterocycles. The van der Waals surface area contributed by atoms with Crippen molar-refractivity contribution in [2.24, 2.45) is 16.5 Å². The Morgan fingerprint density at radius 2 is 1.55 bits per heavy atom. The topological polar surface area (TPSA) is 195 Å². The number of hydrogen-bond donors (Lipinski definition) is 4. The van der Waals surface area contributed by atoms with Crippen LogP contribution in [0.25, 0.3) is 0 Å². The van der Waals surface area contributed by atoms with Gasteiger partial charge in [-0.1, -0.05) is 12.1 Å². The number of benzene rings is 2. The fourth-order valence-electron chi connectivity index (χ4n) is 2.51. The molecule has 2 aromatic rings. The average Bonchev–Trinajstić information content (AvgIpc) is 2.75. The monoisotopic (exact) mass is 458 g/mol. The predicted molar refractivity (Wildman–Crippen MR) is 115 cm³/mol. The van der Waals surface area contributed by atoms with Crippen LogP contribution in [0.5, 0.6) is 5.75 Å². The van der Waals surface area contributed by atoms with Crippen molar-refractivity contribution < 1.29 is 38.9 Å². The van der Waals surface area contributed by atoms with Crippen molar-refractivity contribution in [3.05, 3.63) is 59.7 Å². The Morgan fingerprint density at radius 1 is 0.909 bits per heavy atom. The second-order valence-electron chi connectivity index (χ2n) is 6.63. The SMILES string of the molecule is NC(N)=Nc1ccc(C(=O)Oc2ccc(COC(=O)N(CCC(=O)O)CC(=O)O)cc2)cc1. The Morgan fingerprint density at radius 3 is 2.09 bits per heavy atom. The normalized spacial score (nSPS) is 10.1. The van der Waals surface area contributed by atoms with E-state index >= 15 is 0 Å². The smallest absolute Gasteiger partial charge is 0.410 e. The molecule has 0 atom stereocenters. The first-order chi connectivity index (χ1) is 15.6. The molecule has 2 rings (SSSR count). The first-order valence-electron chi connectivity index (χ1n) is 9.50. The van der Waals surface area contributed by atoms with E-state index in [1.807, 2.05) is 0 Å². The Kier molecular flexibility index (Phi) is 8.74. The third kappa shape index (κ3) is 8.57. The molecule has 0 saturated carbocycles. The molecule has 33 heavy (non-hydrogen) atoms. The Labute approximate surface area is 188 Å². The number of ether oxygens (including phenoxy) is 2. The Hall–Kier alpha value is -4.61. The average molecular weight is 458 g/mol. The fraction of sp³-hybridized carbons (Fsp3) is 0.190. The van der Waals surface area contributed by atoms with Crippen molar-refractivity contribution in [2.45, 2.75) is 13.0 Å². The summed E-state index contributed by atoms with van der Waals surface area (Å²) in [6, 6.07) is 12.2. The number of esters is 1. The van der Waals surface area contributed by atoms with E-state index < -0.39 is 37.0 Å². The molecule has 174 valence electrons. The van der Waals surface area contributed by atoms with E-state index in [0.717, 1.165) is 4.90 Å². The fourth-order valence-corrected chi connectivity index (χ4v) is 2.51. The molecule has 0 aliphatic carbocycles. The highest BCUT2D eigenvalue weighted by atomic mass is 16.6. The molecule has 12 nitrogen and oxygen atoms in total. The van der Waals surface area contributed by atoms with Gasteiger partial charge in [0, 0.05) is 6.54 Å². The molecule has 0 fully saturated rings. The molecule has 0 unspecified atom stereocenters. The summed E-state index contributed by atoms with van der Waals surface area (Å²) in [6.07, 6.45) is -1.38. The molecule has 0 bridgehead atoms. The van der Waals surface area contributed by atoms with Crippen LogP contribution in [-0.2, 0) is 20.9 Å². The first-order valence-corrected chi connectivity index (χ1v) is 9.50. The van der Waals surface area contributed by atoms with Gasteiger partial charge >= 0.3 is 24.0 Å². The summed E-state index contributed by atoms with van der Waals surface area (Å²) >= 11 is 0. The summed E-state index contributed by atoms with van der Waals surface area (Å²) in [5, 5.41) is 17.6.